The van der Waals surface area contributed by atoms with Crippen molar-refractivity contribution in [1.82, 2.24) is 0 Å². The maximum absolute atomic E-state index is 14.2. The third-order valence-corrected chi connectivity index (χ3v) is 11.3. The lowest BCUT2D eigenvalue weighted by molar-refractivity contribution is 0.482. The topological polar surface area (TPSA) is 52.6 Å². The Kier molecular flexibility index (Phi) is 4.43. The third-order valence-electron chi connectivity index (χ3n) is 6.08. The van der Waals surface area contributed by atoms with E-state index in [4.69, 9.17) is 9.05 Å². The molecule has 4 aromatic carbocycles. The quantitative estimate of drug-likeness (QED) is 0.338. The van der Waals surface area contributed by atoms with Crippen LogP contribution in [0.15, 0.2) is 97.1 Å². The summed E-state index contributed by atoms with van der Waals surface area (Å²) in [7, 11) is -6.59. The van der Waals surface area contributed by atoms with Gasteiger partial charge in [0.2, 0.25) is 0 Å². The van der Waals surface area contributed by atoms with Crippen LogP contribution in [0, 0.1) is 0 Å². The first-order chi connectivity index (χ1) is 15.6. The number of para-hydroxylation sites is 2. The fraction of sp³-hybridized carbons (Fsp3) is 0.0769. The summed E-state index contributed by atoms with van der Waals surface area (Å²) in [6.45, 7) is 0. The molecule has 2 unspecified atom stereocenters. The number of rotatable bonds is 3. The van der Waals surface area contributed by atoms with Gasteiger partial charge in [0, 0.05) is 23.5 Å². The van der Waals surface area contributed by atoms with Gasteiger partial charge in [-0.2, -0.15) is 0 Å². The first kappa shape index (κ1) is 19.6. The Labute approximate surface area is 186 Å². The normalized spacial score (nSPS) is 22.4. The summed E-state index contributed by atoms with van der Waals surface area (Å²) >= 11 is 0. The van der Waals surface area contributed by atoms with E-state index in [1.165, 1.54) is 0 Å². The summed E-state index contributed by atoms with van der Waals surface area (Å²) in [5, 5.41) is 1.35. The van der Waals surface area contributed by atoms with Crippen LogP contribution >= 0.6 is 14.7 Å². The lowest BCUT2D eigenvalue weighted by Crippen LogP contribution is -2.25. The van der Waals surface area contributed by atoms with Gasteiger partial charge in [-0.1, -0.05) is 72.8 Å². The van der Waals surface area contributed by atoms with Crippen LogP contribution in [0.2, 0.25) is 0 Å². The van der Waals surface area contributed by atoms with Crippen LogP contribution in [-0.2, 0) is 9.13 Å². The monoisotopic (exact) mass is 458 g/mol. The van der Waals surface area contributed by atoms with Crippen LogP contribution in [0.4, 0.5) is 0 Å². The molecule has 2 atom stereocenters. The average molecular weight is 458 g/mol. The summed E-state index contributed by atoms with van der Waals surface area (Å²) in [5.74, 6) is 1.20. The second-order valence-corrected chi connectivity index (χ2v) is 12.9. The smallest absolute Gasteiger partial charge is 0.278 e. The van der Waals surface area contributed by atoms with Crippen molar-refractivity contribution in [1.29, 1.82) is 0 Å². The molecule has 0 radical (unpaired) electrons. The van der Waals surface area contributed by atoms with E-state index in [-0.39, 0.29) is 12.3 Å². The van der Waals surface area contributed by atoms with Crippen molar-refractivity contribution in [3.63, 3.8) is 0 Å². The van der Waals surface area contributed by atoms with E-state index in [0.717, 1.165) is 22.3 Å². The predicted octanol–water partition coefficient (Wildman–Crippen LogP) is 6.31. The fourth-order valence-electron chi connectivity index (χ4n) is 4.55. The van der Waals surface area contributed by atoms with E-state index in [1.807, 2.05) is 97.1 Å². The summed E-state index contributed by atoms with van der Waals surface area (Å²) in [6, 6.07) is 30.5. The lowest BCUT2D eigenvalue weighted by Gasteiger charge is -2.32. The Morgan fingerprint density at radius 3 is 1.25 bits per heavy atom. The Bertz CT molecular complexity index is 1350. The highest BCUT2D eigenvalue weighted by molar-refractivity contribution is 7.71. The molecule has 0 fully saturated rings. The van der Waals surface area contributed by atoms with Crippen molar-refractivity contribution in [2.45, 2.75) is 0 Å². The summed E-state index contributed by atoms with van der Waals surface area (Å²) < 4.78 is 40.6. The molecular formula is C26H20O4P2. The Morgan fingerprint density at radius 1 is 0.469 bits per heavy atom. The fourth-order valence-corrected chi connectivity index (χ4v) is 10.2. The Balaban J connectivity index is 1.40. The average Bonchev–Trinajstić information content (AvgIpc) is 2.84. The summed E-state index contributed by atoms with van der Waals surface area (Å²) in [5.41, 5.74) is 3.67. The van der Waals surface area contributed by atoms with Gasteiger partial charge in [0.15, 0.2) is 0 Å². The zero-order chi connectivity index (χ0) is 21.8. The van der Waals surface area contributed by atoms with Gasteiger partial charge in [-0.3, -0.25) is 9.13 Å². The maximum atomic E-state index is 14.2. The summed E-state index contributed by atoms with van der Waals surface area (Å²) in [6.07, 6.45) is 0.262. The zero-order valence-corrected chi connectivity index (χ0v) is 19.0. The Morgan fingerprint density at radius 2 is 0.812 bits per heavy atom. The molecule has 158 valence electrons. The molecule has 4 nitrogen and oxygen atoms in total. The van der Waals surface area contributed by atoms with Crippen LogP contribution in [0.25, 0.3) is 22.3 Å². The van der Waals surface area contributed by atoms with E-state index in [9.17, 15) is 9.13 Å². The molecule has 0 amide bonds. The molecule has 4 aromatic rings. The molecule has 6 rings (SSSR count). The van der Waals surface area contributed by atoms with Crippen LogP contribution < -0.4 is 19.7 Å². The van der Waals surface area contributed by atoms with Crippen molar-refractivity contribution in [3.05, 3.63) is 97.1 Å². The van der Waals surface area contributed by atoms with E-state index in [0.29, 0.717) is 22.1 Å². The minimum absolute atomic E-state index is 0.131. The molecule has 0 saturated carbocycles. The van der Waals surface area contributed by atoms with Gasteiger partial charge in [-0.25, -0.2) is 0 Å². The Hall–Kier alpha value is -3.06. The maximum Gasteiger partial charge on any atom is 0.278 e. The SMILES string of the molecule is O=P1(CCP2(=O)Oc3ccccc3-c3ccccc32)Oc2ccccc2-c2ccccc21. The van der Waals surface area contributed by atoms with E-state index in [2.05, 4.69) is 0 Å². The molecule has 0 aliphatic carbocycles. The van der Waals surface area contributed by atoms with Crippen molar-refractivity contribution in [3.8, 4) is 33.8 Å². The van der Waals surface area contributed by atoms with Gasteiger partial charge in [0.1, 0.15) is 11.5 Å². The summed E-state index contributed by atoms with van der Waals surface area (Å²) in [4.78, 5) is 0. The molecule has 0 N–H and O–H groups in total. The molecule has 0 bridgehead atoms. The van der Waals surface area contributed by atoms with Gasteiger partial charge >= 0.3 is 0 Å². The third kappa shape index (κ3) is 2.98. The van der Waals surface area contributed by atoms with E-state index >= 15 is 0 Å². The molecule has 2 aliphatic rings. The second kappa shape index (κ2) is 7.24. The largest absolute Gasteiger partial charge is 0.439 e. The van der Waals surface area contributed by atoms with Crippen LogP contribution in [0.1, 0.15) is 0 Å². The van der Waals surface area contributed by atoms with Crippen molar-refractivity contribution < 1.29 is 18.2 Å². The van der Waals surface area contributed by atoms with Crippen molar-refractivity contribution >= 4 is 25.3 Å². The van der Waals surface area contributed by atoms with Crippen LogP contribution in [-0.4, -0.2) is 12.3 Å². The molecule has 2 heterocycles. The van der Waals surface area contributed by atoms with E-state index < -0.39 is 14.7 Å². The van der Waals surface area contributed by atoms with Crippen molar-refractivity contribution in [2.75, 3.05) is 12.3 Å². The first-order valence-electron chi connectivity index (χ1n) is 10.5. The highest BCUT2D eigenvalue weighted by Crippen LogP contribution is 2.60. The molecule has 0 spiro atoms. The molecule has 0 saturated heterocycles. The molecule has 2 aliphatic heterocycles. The highest BCUT2D eigenvalue weighted by atomic mass is 31.2. The number of benzene rings is 4. The standard InChI is InChI=1S/C26H20O4P2/c27-31(25-15-7-3-11-21(25)19-9-1-5-13-23(19)29-31)17-18-32(28)26-16-8-4-12-22(26)20-10-2-6-14-24(20)30-32/h1-16H,17-18H2. The van der Waals surface area contributed by atoms with E-state index in [1.54, 1.807) is 0 Å². The van der Waals surface area contributed by atoms with Crippen molar-refractivity contribution in [2.24, 2.45) is 0 Å². The van der Waals surface area contributed by atoms with Gasteiger partial charge in [0.25, 0.3) is 14.7 Å². The first-order valence-corrected chi connectivity index (χ1v) is 14.1. The van der Waals surface area contributed by atoms with Crippen LogP contribution in [0.5, 0.6) is 11.5 Å². The molecular weight excluding hydrogens is 438 g/mol. The molecule has 6 heteroatoms. The highest BCUT2D eigenvalue weighted by Gasteiger charge is 2.41. The molecule has 32 heavy (non-hydrogen) atoms. The number of hydrogen-bond acceptors (Lipinski definition) is 4. The van der Waals surface area contributed by atoms with Gasteiger partial charge in [0.05, 0.1) is 10.6 Å². The minimum Gasteiger partial charge on any atom is -0.439 e. The van der Waals surface area contributed by atoms with Crippen LogP contribution in [0.3, 0.4) is 0 Å². The predicted molar refractivity (Wildman–Crippen MR) is 129 cm³/mol. The lowest BCUT2D eigenvalue weighted by atomic mass is 10.0. The number of hydrogen-bond donors (Lipinski definition) is 0. The molecule has 0 aromatic heterocycles. The van der Waals surface area contributed by atoms with Gasteiger partial charge in [-0.05, 0) is 35.4 Å². The minimum atomic E-state index is -3.29. The van der Waals surface area contributed by atoms with Gasteiger partial charge in [-0.15, -0.1) is 0 Å². The van der Waals surface area contributed by atoms with Gasteiger partial charge < -0.3 is 9.05 Å². The second-order valence-electron chi connectivity index (χ2n) is 8.00. The zero-order valence-electron chi connectivity index (χ0n) is 17.2. The number of fused-ring (bicyclic) bond motifs is 6.